The minimum Gasteiger partial charge on any atom is -0.493 e. The molecule has 19 heavy (non-hydrogen) atoms. The molecule has 5 nitrogen and oxygen atoms in total. The molecular formula is C14H23NO4. The lowest BCUT2D eigenvalue weighted by Crippen LogP contribution is -2.31. The number of nitrogens with zero attached hydrogens (tertiary/aromatic N) is 1. The number of benzene rings is 1. The van der Waals surface area contributed by atoms with E-state index in [4.69, 9.17) is 14.6 Å². The van der Waals surface area contributed by atoms with Gasteiger partial charge in [0, 0.05) is 13.1 Å². The number of hydrogen-bond acceptors (Lipinski definition) is 5. The second-order valence-electron chi connectivity index (χ2n) is 4.25. The van der Waals surface area contributed by atoms with E-state index in [0.717, 1.165) is 12.1 Å². The lowest BCUT2D eigenvalue weighted by molar-refractivity contribution is 0.103. The molecule has 1 aromatic rings. The van der Waals surface area contributed by atoms with Crippen LogP contribution in [0.5, 0.6) is 11.5 Å². The maximum Gasteiger partial charge on any atom is 0.161 e. The fourth-order valence-electron chi connectivity index (χ4n) is 1.93. The first-order chi connectivity index (χ1) is 9.15. The van der Waals surface area contributed by atoms with Crippen LogP contribution in [0.2, 0.25) is 0 Å². The average Bonchev–Trinajstić information content (AvgIpc) is 2.45. The number of likely N-dealkylation sites (N-methyl/N-ethyl adjacent to an activating group) is 1. The van der Waals surface area contributed by atoms with Crippen molar-refractivity contribution >= 4 is 0 Å². The predicted octanol–water partition coefficient (Wildman–Crippen LogP) is 1.05. The molecule has 1 atom stereocenters. The van der Waals surface area contributed by atoms with Crippen LogP contribution in [0.4, 0.5) is 0 Å². The third-order valence-electron chi connectivity index (χ3n) is 3.09. The zero-order chi connectivity index (χ0) is 14.3. The average molecular weight is 269 g/mol. The second kappa shape index (κ2) is 7.99. The van der Waals surface area contributed by atoms with Crippen LogP contribution in [-0.4, -0.2) is 55.6 Å². The van der Waals surface area contributed by atoms with E-state index < -0.39 is 6.10 Å². The summed E-state index contributed by atoms with van der Waals surface area (Å²) in [6, 6.07) is 5.37. The van der Waals surface area contributed by atoms with Crippen LogP contribution >= 0.6 is 0 Å². The fraction of sp³-hybridized carbons (Fsp3) is 0.571. The van der Waals surface area contributed by atoms with Gasteiger partial charge in [-0.3, -0.25) is 4.90 Å². The largest absolute Gasteiger partial charge is 0.493 e. The molecule has 0 amide bonds. The lowest BCUT2D eigenvalue weighted by atomic mass is 10.1. The summed E-state index contributed by atoms with van der Waals surface area (Å²) in [7, 11) is 3.14. The molecule has 0 aliphatic heterocycles. The van der Waals surface area contributed by atoms with Gasteiger partial charge < -0.3 is 19.7 Å². The van der Waals surface area contributed by atoms with Crippen molar-refractivity contribution in [2.75, 3.05) is 40.5 Å². The number of rotatable bonds is 8. The highest BCUT2D eigenvalue weighted by molar-refractivity contribution is 5.43. The summed E-state index contributed by atoms with van der Waals surface area (Å²) in [6.07, 6.45) is -0.619. The Labute approximate surface area is 114 Å². The van der Waals surface area contributed by atoms with Crippen LogP contribution in [0.3, 0.4) is 0 Å². The third-order valence-corrected chi connectivity index (χ3v) is 3.09. The maximum atomic E-state index is 10.2. The molecule has 0 bridgehead atoms. The summed E-state index contributed by atoms with van der Waals surface area (Å²) in [5.41, 5.74) is 0.772. The van der Waals surface area contributed by atoms with E-state index in [1.807, 2.05) is 17.9 Å². The van der Waals surface area contributed by atoms with Crippen molar-refractivity contribution in [2.45, 2.75) is 13.0 Å². The molecule has 0 saturated carbocycles. The van der Waals surface area contributed by atoms with Crippen molar-refractivity contribution in [3.63, 3.8) is 0 Å². The molecule has 0 saturated heterocycles. The Kier molecular flexibility index (Phi) is 6.62. The molecular weight excluding hydrogens is 246 g/mol. The van der Waals surface area contributed by atoms with Gasteiger partial charge in [-0.1, -0.05) is 13.0 Å². The Morgan fingerprint density at radius 2 is 1.89 bits per heavy atom. The van der Waals surface area contributed by atoms with Crippen molar-refractivity contribution in [3.05, 3.63) is 23.8 Å². The SMILES string of the molecule is CCN(CCO)C[C@@H](O)c1ccc(OC)c(OC)c1. The van der Waals surface area contributed by atoms with Gasteiger partial charge in [0.2, 0.25) is 0 Å². The first-order valence-electron chi connectivity index (χ1n) is 6.39. The van der Waals surface area contributed by atoms with Gasteiger partial charge in [-0.05, 0) is 24.2 Å². The van der Waals surface area contributed by atoms with Crippen LogP contribution < -0.4 is 9.47 Å². The molecule has 0 spiro atoms. The van der Waals surface area contributed by atoms with E-state index in [-0.39, 0.29) is 6.61 Å². The van der Waals surface area contributed by atoms with E-state index in [2.05, 4.69) is 0 Å². The topological polar surface area (TPSA) is 62.2 Å². The third kappa shape index (κ3) is 4.38. The summed E-state index contributed by atoms with van der Waals surface area (Å²) in [4.78, 5) is 1.99. The Hall–Kier alpha value is -1.30. The second-order valence-corrected chi connectivity index (χ2v) is 4.25. The molecule has 0 unspecified atom stereocenters. The molecule has 2 N–H and O–H groups in total. The molecule has 0 aromatic heterocycles. The van der Waals surface area contributed by atoms with Gasteiger partial charge in [-0.2, -0.15) is 0 Å². The van der Waals surface area contributed by atoms with Crippen molar-refractivity contribution in [2.24, 2.45) is 0 Å². The highest BCUT2D eigenvalue weighted by Gasteiger charge is 2.14. The van der Waals surface area contributed by atoms with Gasteiger partial charge in [0.25, 0.3) is 0 Å². The van der Waals surface area contributed by atoms with Gasteiger partial charge >= 0.3 is 0 Å². The number of ether oxygens (including phenoxy) is 2. The van der Waals surface area contributed by atoms with Crippen LogP contribution in [0.1, 0.15) is 18.6 Å². The van der Waals surface area contributed by atoms with Crippen molar-refractivity contribution in [1.82, 2.24) is 4.90 Å². The Morgan fingerprint density at radius 1 is 1.21 bits per heavy atom. The highest BCUT2D eigenvalue weighted by Crippen LogP contribution is 2.30. The van der Waals surface area contributed by atoms with Gasteiger partial charge in [0.1, 0.15) is 0 Å². The lowest BCUT2D eigenvalue weighted by Gasteiger charge is -2.23. The molecule has 1 aromatic carbocycles. The number of aliphatic hydroxyl groups is 2. The van der Waals surface area contributed by atoms with Gasteiger partial charge in [0.05, 0.1) is 26.9 Å². The first kappa shape index (κ1) is 15.8. The molecule has 0 aliphatic carbocycles. The number of hydrogen-bond donors (Lipinski definition) is 2. The Morgan fingerprint density at radius 3 is 2.42 bits per heavy atom. The van der Waals surface area contributed by atoms with E-state index in [1.165, 1.54) is 0 Å². The zero-order valence-electron chi connectivity index (χ0n) is 11.8. The minimum absolute atomic E-state index is 0.0898. The number of methoxy groups -OCH3 is 2. The van der Waals surface area contributed by atoms with E-state index in [1.54, 1.807) is 26.4 Å². The van der Waals surface area contributed by atoms with Gasteiger partial charge in [-0.25, -0.2) is 0 Å². The van der Waals surface area contributed by atoms with Crippen LogP contribution in [-0.2, 0) is 0 Å². The zero-order valence-corrected chi connectivity index (χ0v) is 11.8. The fourth-order valence-corrected chi connectivity index (χ4v) is 1.93. The summed E-state index contributed by atoms with van der Waals surface area (Å²) in [5, 5.41) is 19.2. The molecule has 5 heteroatoms. The quantitative estimate of drug-likeness (QED) is 0.738. The smallest absolute Gasteiger partial charge is 0.161 e. The Bertz CT molecular complexity index is 384. The van der Waals surface area contributed by atoms with Gasteiger partial charge in [0.15, 0.2) is 11.5 Å². The molecule has 0 aliphatic rings. The van der Waals surface area contributed by atoms with Crippen LogP contribution in [0.15, 0.2) is 18.2 Å². The maximum absolute atomic E-state index is 10.2. The standard InChI is InChI=1S/C14H23NO4/c1-4-15(7-8-16)10-12(17)11-5-6-13(18-2)14(9-11)19-3/h5-6,9,12,16-17H,4,7-8,10H2,1-3H3/t12-/m1/s1. The normalized spacial score (nSPS) is 12.5. The number of aliphatic hydroxyl groups excluding tert-OH is 2. The molecule has 0 radical (unpaired) electrons. The van der Waals surface area contributed by atoms with Crippen molar-refractivity contribution in [1.29, 1.82) is 0 Å². The molecule has 0 fully saturated rings. The van der Waals surface area contributed by atoms with Crippen LogP contribution in [0, 0.1) is 0 Å². The molecule has 108 valence electrons. The summed E-state index contributed by atoms with van der Waals surface area (Å²) in [6.45, 7) is 3.90. The molecule has 1 rings (SSSR count). The monoisotopic (exact) mass is 269 g/mol. The summed E-state index contributed by atoms with van der Waals surface area (Å²) < 4.78 is 10.4. The molecule has 0 heterocycles. The van der Waals surface area contributed by atoms with Gasteiger partial charge in [-0.15, -0.1) is 0 Å². The van der Waals surface area contributed by atoms with E-state index in [9.17, 15) is 5.11 Å². The van der Waals surface area contributed by atoms with E-state index in [0.29, 0.717) is 24.6 Å². The first-order valence-corrected chi connectivity index (χ1v) is 6.39. The van der Waals surface area contributed by atoms with Crippen molar-refractivity contribution in [3.8, 4) is 11.5 Å². The summed E-state index contributed by atoms with van der Waals surface area (Å²) >= 11 is 0. The van der Waals surface area contributed by atoms with E-state index >= 15 is 0 Å². The van der Waals surface area contributed by atoms with Crippen molar-refractivity contribution < 1.29 is 19.7 Å². The Balaban J connectivity index is 2.78. The predicted molar refractivity (Wildman–Crippen MR) is 73.7 cm³/mol. The highest BCUT2D eigenvalue weighted by atomic mass is 16.5. The minimum atomic E-state index is -0.619. The van der Waals surface area contributed by atoms with Crippen LogP contribution in [0.25, 0.3) is 0 Å². The summed E-state index contributed by atoms with van der Waals surface area (Å²) in [5.74, 6) is 1.24.